The molecule has 1 saturated carbocycles. The highest BCUT2D eigenvalue weighted by atomic mass is 15.2. The third kappa shape index (κ3) is 4.52. The summed E-state index contributed by atoms with van der Waals surface area (Å²) in [6.45, 7) is 9.86. The van der Waals surface area contributed by atoms with Crippen LogP contribution in [0.25, 0.3) is 0 Å². The summed E-state index contributed by atoms with van der Waals surface area (Å²) in [7, 11) is 2.22. The van der Waals surface area contributed by atoms with Crippen LogP contribution in [0.3, 0.4) is 0 Å². The van der Waals surface area contributed by atoms with Crippen molar-refractivity contribution in [3.8, 4) is 0 Å². The first-order chi connectivity index (χ1) is 8.75. The van der Waals surface area contributed by atoms with Crippen molar-refractivity contribution in [2.24, 2.45) is 5.92 Å². The van der Waals surface area contributed by atoms with Crippen molar-refractivity contribution in [2.45, 2.75) is 45.1 Å². The molecule has 0 radical (unpaired) electrons. The maximum absolute atomic E-state index is 3.74. The number of nitrogens with one attached hydrogen (secondary N) is 1. The van der Waals surface area contributed by atoms with Crippen LogP contribution < -0.4 is 5.32 Å². The van der Waals surface area contributed by atoms with E-state index in [0.29, 0.717) is 0 Å². The molecule has 1 unspecified atom stereocenters. The molecule has 3 heteroatoms. The van der Waals surface area contributed by atoms with Crippen LogP contribution in [-0.4, -0.2) is 62.2 Å². The van der Waals surface area contributed by atoms with Gasteiger partial charge in [0.25, 0.3) is 0 Å². The van der Waals surface area contributed by atoms with Gasteiger partial charge in [-0.1, -0.05) is 12.8 Å². The fraction of sp³-hybridized carbons (Fsp3) is 1.00. The van der Waals surface area contributed by atoms with Gasteiger partial charge in [0.2, 0.25) is 0 Å². The molecule has 1 heterocycles. The third-order valence-corrected chi connectivity index (χ3v) is 4.82. The predicted molar refractivity (Wildman–Crippen MR) is 78.0 cm³/mol. The van der Waals surface area contributed by atoms with Gasteiger partial charge in [-0.25, -0.2) is 0 Å². The van der Waals surface area contributed by atoms with Gasteiger partial charge >= 0.3 is 0 Å². The molecule has 18 heavy (non-hydrogen) atoms. The third-order valence-electron chi connectivity index (χ3n) is 4.82. The molecular formula is C15H31N3. The number of likely N-dealkylation sites (N-methyl/N-ethyl adjacent to an activating group) is 1. The Morgan fingerprint density at radius 1 is 1.11 bits per heavy atom. The Hall–Kier alpha value is -0.120. The number of nitrogens with zero attached hydrogens (tertiary/aromatic N) is 2. The molecule has 1 N–H and O–H groups in total. The van der Waals surface area contributed by atoms with Crippen LogP contribution in [-0.2, 0) is 0 Å². The molecule has 106 valence electrons. The van der Waals surface area contributed by atoms with Crippen molar-refractivity contribution in [3.63, 3.8) is 0 Å². The van der Waals surface area contributed by atoms with Crippen LogP contribution in [0.4, 0.5) is 0 Å². The monoisotopic (exact) mass is 253 g/mol. The van der Waals surface area contributed by atoms with E-state index in [1.54, 1.807) is 0 Å². The zero-order chi connectivity index (χ0) is 12.8. The normalized spacial score (nSPS) is 25.7. The van der Waals surface area contributed by atoms with Crippen molar-refractivity contribution in [1.82, 2.24) is 15.1 Å². The van der Waals surface area contributed by atoms with Gasteiger partial charge in [-0.15, -0.1) is 0 Å². The van der Waals surface area contributed by atoms with Crippen LogP contribution in [0.2, 0.25) is 0 Å². The van der Waals surface area contributed by atoms with Gasteiger partial charge in [-0.05, 0) is 52.2 Å². The molecule has 0 bridgehead atoms. The summed E-state index contributed by atoms with van der Waals surface area (Å²) in [4.78, 5) is 5.04. The quantitative estimate of drug-likeness (QED) is 0.728. The second-order valence-electron chi connectivity index (χ2n) is 6.29. The van der Waals surface area contributed by atoms with Crippen LogP contribution >= 0.6 is 0 Å². The van der Waals surface area contributed by atoms with Gasteiger partial charge in [0.15, 0.2) is 0 Å². The smallest absolute Gasteiger partial charge is 0.0110 e. The van der Waals surface area contributed by atoms with Gasteiger partial charge < -0.3 is 15.1 Å². The Balaban J connectivity index is 1.50. The van der Waals surface area contributed by atoms with Gasteiger partial charge in [-0.2, -0.15) is 0 Å². The summed E-state index contributed by atoms with van der Waals surface area (Å²) in [6, 6.07) is 0.736. The molecule has 0 aromatic rings. The first-order valence-electron chi connectivity index (χ1n) is 7.90. The van der Waals surface area contributed by atoms with Crippen molar-refractivity contribution in [1.29, 1.82) is 0 Å². The predicted octanol–water partition coefficient (Wildman–Crippen LogP) is 1.79. The van der Waals surface area contributed by atoms with Crippen molar-refractivity contribution in [2.75, 3.05) is 46.3 Å². The Morgan fingerprint density at radius 3 is 2.44 bits per heavy atom. The average molecular weight is 253 g/mol. The Kier molecular flexibility index (Phi) is 5.93. The molecule has 3 nitrogen and oxygen atoms in total. The lowest BCUT2D eigenvalue weighted by molar-refractivity contribution is 0.152. The highest BCUT2D eigenvalue weighted by molar-refractivity contribution is 4.77. The largest absolute Gasteiger partial charge is 0.314 e. The standard InChI is InChI=1S/C15H31N3/c1-14(15-6-3-4-7-15)16-8-5-9-18-12-10-17(2)11-13-18/h14-16H,3-13H2,1-2H3. The minimum atomic E-state index is 0.736. The topological polar surface area (TPSA) is 18.5 Å². The molecule has 1 saturated heterocycles. The van der Waals surface area contributed by atoms with E-state index in [-0.39, 0.29) is 0 Å². The fourth-order valence-corrected chi connectivity index (χ4v) is 3.33. The van der Waals surface area contributed by atoms with Crippen LogP contribution in [0, 0.1) is 5.92 Å². The molecule has 0 aromatic carbocycles. The van der Waals surface area contributed by atoms with E-state index < -0.39 is 0 Å². The second kappa shape index (κ2) is 7.46. The summed E-state index contributed by atoms with van der Waals surface area (Å²) in [6.07, 6.45) is 7.12. The van der Waals surface area contributed by atoms with Crippen molar-refractivity contribution in [3.05, 3.63) is 0 Å². The number of hydrogen-bond acceptors (Lipinski definition) is 3. The number of hydrogen-bond donors (Lipinski definition) is 1. The highest BCUT2D eigenvalue weighted by Crippen LogP contribution is 2.27. The van der Waals surface area contributed by atoms with E-state index in [4.69, 9.17) is 0 Å². The van der Waals surface area contributed by atoms with Crippen molar-refractivity contribution >= 4 is 0 Å². The first kappa shape index (κ1) is 14.3. The Morgan fingerprint density at radius 2 is 1.78 bits per heavy atom. The summed E-state index contributed by atoms with van der Waals surface area (Å²) in [5.41, 5.74) is 0. The van der Waals surface area contributed by atoms with E-state index >= 15 is 0 Å². The fourth-order valence-electron chi connectivity index (χ4n) is 3.33. The van der Waals surface area contributed by atoms with E-state index in [1.807, 2.05) is 0 Å². The minimum absolute atomic E-state index is 0.736. The van der Waals surface area contributed by atoms with Gasteiger partial charge in [0, 0.05) is 32.2 Å². The summed E-state index contributed by atoms with van der Waals surface area (Å²) in [5, 5.41) is 3.74. The van der Waals surface area contributed by atoms with Crippen LogP contribution in [0.15, 0.2) is 0 Å². The van der Waals surface area contributed by atoms with E-state index in [2.05, 4.69) is 29.1 Å². The zero-order valence-electron chi connectivity index (χ0n) is 12.3. The van der Waals surface area contributed by atoms with E-state index in [1.165, 1.54) is 71.4 Å². The first-order valence-corrected chi connectivity index (χ1v) is 7.90. The van der Waals surface area contributed by atoms with Gasteiger partial charge in [-0.3, -0.25) is 0 Å². The molecule has 0 aromatic heterocycles. The molecule has 0 amide bonds. The van der Waals surface area contributed by atoms with E-state index in [0.717, 1.165) is 12.0 Å². The zero-order valence-corrected chi connectivity index (χ0v) is 12.3. The van der Waals surface area contributed by atoms with Crippen LogP contribution in [0.5, 0.6) is 0 Å². The van der Waals surface area contributed by atoms with Crippen LogP contribution in [0.1, 0.15) is 39.0 Å². The highest BCUT2D eigenvalue weighted by Gasteiger charge is 2.20. The molecule has 0 spiro atoms. The Labute approximate surface area is 113 Å². The average Bonchev–Trinajstić information content (AvgIpc) is 2.90. The lowest BCUT2D eigenvalue weighted by Gasteiger charge is -2.32. The summed E-state index contributed by atoms with van der Waals surface area (Å²) < 4.78 is 0. The molecular weight excluding hydrogens is 222 g/mol. The molecule has 1 aliphatic carbocycles. The SMILES string of the molecule is CC(NCCCN1CCN(C)CC1)C1CCCC1. The number of piperazine rings is 1. The maximum atomic E-state index is 3.74. The molecule has 2 fully saturated rings. The summed E-state index contributed by atoms with van der Waals surface area (Å²) in [5.74, 6) is 0.952. The van der Waals surface area contributed by atoms with Gasteiger partial charge in [0.1, 0.15) is 0 Å². The van der Waals surface area contributed by atoms with Gasteiger partial charge in [0.05, 0.1) is 0 Å². The maximum Gasteiger partial charge on any atom is 0.0110 e. The second-order valence-corrected chi connectivity index (χ2v) is 6.29. The Bertz CT molecular complexity index is 218. The lowest BCUT2D eigenvalue weighted by atomic mass is 10.00. The van der Waals surface area contributed by atoms with E-state index in [9.17, 15) is 0 Å². The molecule has 2 aliphatic rings. The molecule has 1 atom stereocenters. The minimum Gasteiger partial charge on any atom is -0.314 e. The number of rotatable bonds is 6. The summed E-state index contributed by atoms with van der Waals surface area (Å²) >= 11 is 0. The molecule has 1 aliphatic heterocycles. The van der Waals surface area contributed by atoms with Crippen molar-refractivity contribution < 1.29 is 0 Å². The molecule has 2 rings (SSSR count). The lowest BCUT2D eigenvalue weighted by Crippen LogP contribution is -2.45.